The Labute approximate surface area is 151 Å². The highest BCUT2D eigenvalue weighted by Crippen LogP contribution is 2.29. The third kappa shape index (κ3) is 6.38. The monoisotopic (exact) mass is 354 g/mol. The van der Waals surface area contributed by atoms with Gasteiger partial charge in [-0.05, 0) is 47.0 Å². The number of likely N-dealkylation sites (tertiary alicyclic amines) is 1. The molecule has 25 heavy (non-hydrogen) atoms. The minimum absolute atomic E-state index is 0.0493. The third-order valence-electron chi connectivity index (χ3n) is 4.60. The van der Waals surface area contributed by atoms with Crippen molar-refractivity contribution in [2.24, 2.45) is 4.99 Å². The van der Waals surface area contributed by atoms with Gasteiger partial charge in [-0.15, -0.1) is 0 Å². The molecule has 0 aromatic carbocycles. The quantitative estimate of drug-likeness (QED) is 0.530. The Morgan fingerprint density at radius 1 is 1.36 bits per heavy atom. The first kappa shape index (κ1) is 19.8. The van der Waals surface area contributed by atoms with Gasteiger partial charge in [0.1, 0.15) is 5.60 Å². The lowest BCUT2D eigenvalue weighted by molar-refractivity contribution is 0.0507. The van der Waals surface area contributed by atoms with Crippen LogP contribution in [-0.2, 0) is 4.74 Å². The van der Waals surface area contributed by atoms with E-state index in [0.29, 0.717) is 13.1 Å². The van der Waals surface area contributed by atoms with Gasteiger partial charge in [0.25, 0.3) is 0 Å². The Morgan fingerprint density at radius 3 is 2.64 bits per heavy atom. The van der Waals surface area contributed by atoms with Gasteiger partial charge in [0.05, 0.1) is 18.2 Å². The summed E-state index contributed by atoms with van der Waals surface area (Å²) in [7, 11) is 0. The first-order valence-corrected chi connectivity index (χ1v) is 9.46. The maximum Gasteiger partial charge on any atom is 0.407 e. The standard InChI is InChI=1S/C18H34N4O3/c1-5-19-15(20-13-18(24)9-6-7-10-18)22-11-8-14(12-22)21-16(23)25-17(2,3)4/h14,24H,5-13H2,1-4H3,(H,19,20)(H,21,23). The van der Waals surface area contributed by atoms with E-state index in [1.54, 1.807) is 0 Å². The van der Waals surface area contributed by atoms with Crippen LogP contribution in [0.1, 0.15) is 59.8 Å². The van der Waals surface area contributed by atoms with Crippen molar-refractivity contribution in [2.75, 3.05) is 26.2 Å². The first-order valence-electron chi connectivity index (χ1n) is 9.46. The van der Waals surface area contributed by atoms with Crippen molar-refractivity contribution in [3.63, 3.8) is 0 Å². The number of alkyl carbamates (subject to hydrolysis) is 1. The average Bonchev–Trinajstić information content (AvgIpc) is 3.11. The molecule has 1 amide bonds. The SMILES string of the molecule is CCNC(=NCC1(O)CCCC1)N1CCC(NC(=O)OC(C)(C)C)C1. The van der Waals surface area contributed by atoms with Crippen molar-refractivity contribution in [1.82, 2.24) is 15.5 Å². The number of hydrogen-bond donors (Lipinski definition) is 3. The molecule has 7 nitrogen and oxygen atoms in total. The smallest absolute Gasteiger partial charge is 0.407 e. The Hall–Kier alpha value is -1.50. The molecule has 0 radical (unpaired) electrons. The van der Waals surface area contributed by atoms with Crippen LogP contribution in [0.4, 0.5) is 4.79 Å². The van der Waals surface area contributed by atoms with Crippen molar-refractivity contribution in [3.8, 4) is 0 Å². The second kappa shape index (κ2) is 8.25. The van der Waals surface area contributed by atoms with Crippen LogP contribution in [0.2, 0.25) is 0 Å². The molecule has 1 heterocycles. The molecule has 1 atom stereocenters. The summed E-state index contributed by atoms with van der Waals surface area (Å²) in [5.41, 5.74) is -1.13. The van der Waals surface area contributed by atoms with E-state index in [9.17, 15) is 9.90 Å². The van der Waals surface area contributed by atoms with E-state index in [2.05, 4.69) is 20.5 Å². The first-order chi connectivity index (χ1) is 11.7. The fourth-order valence-corrected chi connectivity index (χ4v) is 3.38. The Balaban J connectivity index is 1.88. The number of guanidine groups is 1. The molecule has 0 bridgehead atoms. The minimum Gasteiger partial charge on any atom is -0.444 e. The summed E-state index contributed by atoms with van der Waals surface area (Å²) >= 11 is 0. The molecule has 2 fully saturated rings. The number of nitrogens with zero attached hydrogens (tertiary/aromatic N) is 2. The Bertz CT molecular complexity index is 481. The zero-order valence-electron chi connectivity index (χ0n) is 16.1. The number of rotatable bonds is 4. The molecular weight excluding hydrogens is 320 g/mol. The van der Waals surface area contributed by atoms with Gasteiger partial charge in [-0.2, -0.15) is 0 Å². The highest BCUT2D eigenvalue weighted by atomic mass is 16.6. The molecule has 1 saturated heterocycles. The molecule has 144 valence electrons. The van der Waals surface area contributed by atoms with E-state index < -0.39 is 11.2 Å². The number of ether oxygens (including phenoxy) is 1. The van der Waals surface area contributed by atoms with Crippen molar-refractivity contribution in [1.29, 1.82) is 0 Å². The van der Waals surface area contributed by atoms with Crippen LogP contribution >= 0.6 is 0 Å². The van der Waals surface area contributed by atoms with Gasteiger partial charge in [-0.3, -0.25) is 4.99 Å². The molecular formula is C18H34N4O3. The van der Waals surface area contributed by atoms with Crippen LogP contribution in [0.25, 0.3) is 0 Å². The molecule has 0 aromatic rings. The molecule has 0 spiro atoms. The number of hydrogen-bond acceptors (Lipinski definition) is 4. The topological polar surface area (TPSA) is 86.2 Å². The molecule has 1 unspecified atom stereocenters. The number of amides is 1. The second-order valence-corrected chi connectivity index (χ2v) is 8.18. The molecule has 7 heteroatoms. The van der Waals surface area contributed by atoms with Gasteiger partial charge in [-0.25, -0.2) is 4.79 Å². The number of nitrogens with one attached hydrogen (secondary N) is 2. The minimum atomic E-state index is -0.644. The van der Waals surface area contributed by atoms with E-state index in [0.717, 1.165) is 51.2 Å². The predicted octanol–water partition coefficient (Wildman–Crippen LogP) is 1.86. The molecule has 1 saturated carbocycles. The average molecular weight is 354 g/mol. The maximum atomic E-state index is 11.9. The van der Waals surface area contributed by atoms with Gasteiger partial charge in [-0.1, -0.05) is 12.8 Å². The lowest BCUT2D eigenvalue weighted by Crippen LogP contribution is -2.44. The lowest BCUT2D eigenvalue weighted by atomic mass is 10.0. The van der Waals surface area contributed by atoms with Gasteiger partial charge in [0.15, 0.2) is 5.96 Å². The summed E-state index contributed by atoms with van der Waals surface area (Å²) in [4.78, 5) is 18.7. The Kier molecular flexibility index (Phi) is 6.54. The zero-order valence-corrected chi connectivity index (χ0v) is 16.1. The van der Waals surface area contributed by atoms with Crippen LogP contribution in [0, 0.1) is 0 Å². The fraction of sp³-hybridized carbons (Fsp3) is 0.889. The van der Waals surface area contributed by atoms with Crippen molar-refractivity contribution in [2.45, 2.75) is 77.0 Å². The van der Waals surface area contributed by atoms with Crippen molar-refractivity contribution < 1.29 is 14.6 Å². The summed E-state index contributed by atoms with van der Waals surface area (Å²) in [5.74, 6) is 0.816. The van der Waals surface area contributed by atoms with E-state index >= 15 is 0 Å². The molecule has 0 aromatic heterocycles. The Morgan fingerprint density at radius 2 is 2.04 bits per heavy atom. The summed E-state index contributed by atoms with van der Waals surface area (Å²) in [6.45, 7) is 10.3. The highest BCUT2D eigenvalue weighted by molar-refractivity contribution is 5.80. The second-order valence-electron chi connectivity index (χ2n) is 8.18. The molecule has 3 N–H and O–H groups in total. The summed E-state index contributed by atoms with van der Waals surface area (Å²) < 4.78 is 5.32. The van der Waals surface area contributed by atoms with E-state index in [-0.39, 0.29) is 12.1 Å². The van der Waals surface area contributed by atoms with Crippen LogP contribution < -0.4 is 10.6 Å². The van der Waals surface area contributed by atoms with Crippen LogP contribution in [0.3, 0.4) is 0 Å². The summed E-state index contributed by atoms with van der Waals surface area (Å²) in [5, 5.41) is 16.7. The van der Waals surface area contributed by atoms with Gasteiger partial charge in [0, 0.05) is 19.6 Å². The van der Waals surface area contributed by atoms with Crippen molar-refractivity contribution >= 4 is 12.1 Å². The van der Waals surface area contributed by atoms with Crippen LogP contribution in [-0.4, -0.2) is 65.5 Å². The lowest BCUT2D eigenvalue weighted by Gasteiger charge is -2.25. The normalized spacial score (nSPS) is 23.6. The van der Waals surface area contributed by atoms with Gasteiger partial charge in [0.2, 0.25) is 0 Å². The molecule has 1 aliphatic heterocycles. The van der Waals surface area contributed by atoms with Gasteiger partial charge >= 0.3 is 6.09 Å². The number of carbonyl (C=O) groups is 1. The number of aliphatic imine (C=N–C) groups is 1. The molecule has 1 aliphatic carbocycles. The van der Waals surface area contributed by atoms with Crippen LogP contribution in [0.15, 0.2) is 4.99 Å². The summed E-state index contributed by atoms with van der Waals surface area (Å²) in [6, 6.07) is 0.0493. The number of aliphatic hydroxyl groups is 1. The van der Waals surface area contributed by atoms with E-state index in [1.165, 1.54) is 0 Å². The van der Waals surface area contributed by atoms with Crippen molar-refractivity contribution in [3.05, 3.63) is 0 Å². The predicted molar refractivity (Wildman–Crippen MR) is 98.7 cm³/mol. The highest BCUT2D eigenvalue weighted by Gasteiger charge is 2.32. The third-order valence-corrected chi connectivity index (χ3v) is 4.60. The largest absolute Gasteiger partial charge is 0.444 e. The number of carbonyl (C=O) groups excluding carboxylic acids is 1. The summed E-state index contributed by atoms with van der Waals surface area (Å²) in [6.07, 6.45) is 4.30. The molecule has 2 rings (SSSR count). The van der Waals surface area contributed by atoms with Crippen LogP contribution in [0.5, 0.6) is 0 Å². The maximum absolute atomic E-state index is 11.9. The van der Waals surface area contributed by atoms with Gasteiger partial charge < -0.3 is 25.4 Å². The van der Waals surface area contributed by atoms with E-state index in [4.69, 9.17) is 4.74 Å². The fourth-order valence-electron chi connectivity index (χ4n) is 3.38. The zero-order chi connectivity index (χ0) is 18.5. The molecule has 2 aliphatic rings. The van der Waals surface area contributed by atoms with E-state index in [1.807, 2.05) is 27.7 Å².